The Morgan fingerprint density at radius 1 is 0.935 bits per heavy atom. The van der Waals surface area contributed by atoms with Gasteiger partial charge in [-0.15, -0.1) is 0 Å². The summed E-state index contributed by atoms with van der Waals surface area (Å²) in [6.07, 6.45) is 1.84. The monoisotopic (exact) mass is 414 g/mol. The Morgan fingerprint density at radius 3 is 2.52 bits per heavy atom. The Bertz CT molecular complexity index is 1150. The van der Waals surface area contributed by atoms with Crippen LogP contribution in [0, 0.1) is 6.92 Å². The number of aryl methyl sites for hydroxylation is 1. The van der Waals surface area contributed by atoms with E-state index in [0.29, 0.717) is 25.0 Å². The number of rotatable bonds is 8. The van der Waals surface area contributed by atoms with Crippen LogP contribution in [0.15, 0.2) is 77.3 Å². The van der Waals surface area contributed by atoms with E-state index >= 15 is 0 Å². The first-order chi connectivity index (χ1) is 15.3. The molecule has 1 aliphatic rings. The topological polar surface area (TPSA) is 69.9 Å². The lowest BCUT2D eigenvalue weighted by Crippen LogP contribution is -2.01. The second-order valence-electron chi connectivity index (χ2n) is 7.33. The first kappa shape index (κ1) is 19.3. The molecule has 5 rings (SSSR count). The molecule has 1 fully saturated rings. The molecular formula is C25H22N2O4. The molecule has 156 valence electrons. The minimum Gasteiger partial charge on any atom is -0.487 e. The van der Waals surface area contributed by atoms with Crippen LogP contribution in [0.4, 0.5) is 0 Å². The Kier molecular flexibility index (Phi) is 5.37. The Hall–Kier alpha value is -3.64. The second kappa shape index (κ2) is 8.62. The highest BCUT2D eigenvalue weighted by atomic mass is 16.6. The highest BCUT2D eigenvalue weighted by Gasteiger charge is 2.28. The Labute approximate surface area is 180 Å². The third-order valence-electron chi connectivity index (χ3n) is 5.07. The summed E-state index contributed by atoms with van der Waals surface area (Å²) in [7, 11) is 0. The van der Waals surface area contributed by atoms with Crippen LogP contribution in [0.5, 0.6) is 11.6 Å². The highest BCUT2D eigenvalue weighted by molar-refractivity contribution is 5.53. The maximum absolute atomic E-state index is 5.91. The summed E-state index contributed by atoms with van der Waals surface area (Å²) in [4.78, 5) is 8.90. The van der Waals surface area contributed by atoms with Crippen LogP contribution in [0.3, 0.4) is 0 Å². The molecule has 1 atom stereocenters. The molecular weight excluding hydrogens is 392 g/mol. The molecule has 0 bridgehead atoms. The first-order valence-electron chi connectivity index (χ1n) is 10.2. The average molecular weight is 414 g/mol. The van der Waals surface area contributed by atoms with Crippen molar-refractivity contribution in [3.8, 4) is 23.1 Å². The predicted octanol–water partition coefficient (Wildman–Crippen LogP) is 5.27. The minimum absolute atomic E-state index is 0.113. The summed E-state index contributed by atoms with van der Waals surface area (Å²) in [5.74, 6) is 2.75. The van der Waals surface area contributed by atoms with Gasteiger partial charge in [0.15, 0.2) is 0 Å². The molecule has 31 heavy (non-hydrogen) atoms. The van der Waals surface area contributed by atoms with E-state index in [-0.39, 0.29) is 6.10 Å². The molecule has 1 aliphatic heterocycles. The van der Waals surface area contributed by atoms with Gasteiger partial charge in [0.2, 0.25) is 11.8 Å². The maximum Gasteiger partial charge on any atom is 0.226 e. The maximum atomic E-state index is 5.91. The van der Waals surface area contributed by atoms with Gasteiger partial charge in [-0.05, 0) is 48.9 Å². The molecule has 6 heteroatoms. The van der Waals surface area contributed by atoms with Crippen molar-refractivity contribution in [3.05, 3.63) is 95.5 Å². The van der Waals surface area contributed by atoms with E-state index < -0.39 is 0 Å². The third-order valence-corrected chi connectivity index (χ3v) is 5.07. The summed E-state index contributed by atoms with van der Waals surface area (Å²) in [6, 6.07) is 21.6. The van der Waals surface area contributed by atoms with Gasteiger partial charge in [-0.1, -0.05) is 30.3 Å². The zero-order chi connectivity index (χ0) is 21.0. The van der Waals surface area contributed by atoms with Crippen LogP contribution in [0.1, 0.15) is 28.7 Å². The van der Waals surface area contributed by atoms with Gasteiger partial charge in [0.05, 0.1) is 6.61 Å². The summed E-state index contributed by atoms with van der Waals surface area (Å²) in [5, 5.41) is 0. The predicted molar refractivity (Wildman–Crippen MR) is 115 cm³/mol. The summed E-state index contributed by atoms with van der Waals surface area (Å²) >= 11 is 0. The lowest BCUT2D eigenvalue weighted by atomic mass is 10.2. The molecule has 0 spiro atoms. The SMILES string of the molecule is Cc1oc(-c2ccccc2)nc1COc1ccc(COc2ncccc2C2CO2)cc1. The zero-order valence-corrected chi connectivity index (χ0v) is 17.2. The molecule has 6 nitrogen and oxygen atoms in total. The van der Waals surface area contributed by atoms with Crippen molar-refractivity contribution in [2.75, 3.05) is 6.61 Å². The van der Waals surface area contributed by atoms with Gasteiger partial charge in [0.1, 0.15) is 36.5 Å². The van der Waals surface area contributed by atoms with Crippen LogP contribution < -0.4 is 9.47 Å². The average Bonchev–Trinajstić information content (AvgIpc) is 3.60. The van der Waals surface area contributed by atoms with E-state index in [1.807, 2.05) is 73.7 Å². The van der Waals surface area contributed by atoms with Gasteiger partial charge in [-0.3, -0.25) is 0 Å². The molecule has 3 heterocycles. The van der Waals surface area contributed by atoms with E-state index in [2.05, 4.69) is 9.97 Å². The lowest BCUT2D eigenvalue weighted by Gasteiger charge is -2.09. The highest BCUT2D eigenvalue weighted by Crippen LogP contribution is 2.35. The largest absolute Gasteiger partial charge is 0.487 e. The van der Waals surface area contributed by atoms with E-state index in [1.165, 1.54) is 0 Å². The Balaban J connectivity index is 1.18. The molecule has 0 saturated carbocycles. The normalized spacial score (nSPS) is 14.9. The number of oxazole rings is 1. The van der Waals surface area contributed by atoms with Crippen molar-refractivity contribution in [1.82, 2.24) is 9.97 Å². The van der Waals surface area contributed by atoms with Crippen LogP contribution in [-0.2, 0) is 18.0 Å². The van der Waals surface area contributed by atoms with Crippen LogP contribution >= 0.6 is 0 Å². The van der Waals surface area contributed by atoms with E-state index in [0.717, 1.165) is 40.5 Å². The van der Waals surface area contributed by atoms with Gasteiger partial charge in [-0.2, -0.15) is 0 Å². The van der Waals surface area contributed by atoms with Gasteiger partial charge in [-0.25, -0.2) is 9.97 Å². The smallest absolute Gasteiger partial charge is 0.226 e. The van der Waals surface area contributed by atoms with Gasteiger partial charge < -0.3 is 18.6 Å². The van der Waals surface area contributed by atoms with Crippen LogP contribution in [0.25, 0.3) is 11.5 Å². The molecule has 0 amide bonds. The molecule has 1 unspecified atom stereocenters. The van der Waals surface area contributed by atoms with Crippen molar-refractivity contribution in [1.29, 1.82) is 0 Å². The van der Waals surface area contributed by atoms with E-state index in [9.17, 15) is 0 Å². The molecule has 1 saturated heterocycles. The van der Waals surface area contributed by atoms with Gasteiger partial charge in [0, 0.05) is 17.3 Å². The van der Waals surface area contributed by atoms with Crippen molar-refractivity contribution in [3.63, 3.8) is 0 Å². The van der Waals surface area contributed by atoms with Crippen molar-refractivity contribution < 1.29 is 18.6 Å². The number of epoxide rings is 1. The molecule has 0 aliphatic carbocycles. The zero-order valence-electron chi connectivity index (χ0n) is 17.2. The molecule has 0 N–H and O–H groups in total. The van der Waals surface area contributed by atoms with E-state index in [4.69, 9.17) is 18.6 Å². The molecule has 4 aromatic rings. The molecule has 0 radical (unpaired) electrons. The quantitative estimate of drug-likeness (QED) is 0.366. The number of nitrogens with zero attached hydrogens (tertiary/aromatic N) is 2. The number of hydrogen-bond donors (Lipinski definition) is 0. The minimum atomic E-state index is 0.113. The van der Waals surface area contributed by atoms with Gasteiger partial charge >= 0.3 is 0 Å². The number of pyridine rings is 1. The second-order valence-corrected chi connectivity index (χ2v) is 7.33. The van der Waals surface area contributed by atoms with Crippen LogP contribution in [0.2, 0.25) is 0 Å². The molecule has 2 aromatic carbocycles. The number of aromatic nitrogens is 2. The lowest BCUT2D eigenvalue weighted by molar-refractivity contribution is 0.284. The summed E-state index contributed by atoms with van der Waals surface area (Å²) in [5.41, 5.74) is 3.77. The number of hydrogen-bond acceptors (Lipinski definition) is 6. The fraction of sp³-hybridized carbons (Fsp3) is 0.200. The first-order valence-corrected chi connectivity index (χ1v) is 10.2. The summed E-state index contributed by atoms with van der Waals surface area (Å²) < 4.78 is 22.9. The van der Waals surface area contributed by atoms with Crippen LogP contribution in [-0.4, -0.2) is 16.6 Å². The third kappa shape index (κ3) is 4.59. The molecule has 2 aromatic heterocycles. The number of benzene rings is 2. The Morgan fingerprint density at radius 2 is 1.74 bits per heavy atom. The summed E-state index contributed by atoms with van der Waals surface area (Å²) in [6.45, 7) is 3.40. The van der Waals surface area contributed by atoms with E-state index in [1.54, 1.807) is 6.20 Å². The fourth-order valence-electron chi connectivity index (χ4n) is 3.25. The van der Waals surface area contributed by atoms with Crippen molar-refractivity contribution in [2.45, 2.75) is 26.2 Å². The van der Waals surface area contributed by atoms with Crippen molar-refractivity contribution >= 4 is 0 Å². The fourth-order valence-corrected chi connectivity index (χ4v) is 3.25. The van der Waals surface area contributed by atoms with Gasteiger partial charge in [0.25, 0.3) is 0 Å². The standard InChI is InChI=1S/C25H22N2O4/c1-17-22(27-24(31-17)19-6-3-2-4-7-19)15-28-20-11-9-18(10-12-20)14-30-25-21(23-16-29-23)8-5-13-26-25/h2-13,23H,14-16H2,1H3. The number of ether oxygens (including phenoxy) is 3. The van der Waals surface area contributed by atoms with Crippen molar-refractivity contribution in [2.24, 2.45) is 0 Å².